The Morgan fingerprint density at radius 3 is 2.53 bits per heavy atom. The summed E-state index contributed by atoms with van der Waals surface area (Å²) in [5.74, 6) is 0.123. The SMILES string of the molecule is Nc1ncc(-c2ccc3ncc4c(c3n2)N(c2cccc(C(F)(F)F)c2)C(O)C=C4)cn1. The first kappa shape index (κ1) is 19.9. The second-order valence-corrected chi connectivity index (χ2v) is 7.15. The lowest BCUT2D eigenvalue weighted by Crippen LogP contribution is -2.32. The number of hydrogen-bond acceptors (Lipinski definition) is 7. The van der Waals surface area contributed by atoms with Gasteiger partial charge >= 0.3 is 6.18 Å². The lowest BCUT2D eigenvalue weighted by atomic mass is 10.0. The fraction of sp³-hybridized carbons (Fsp3) is 0.0909. The molecule has 5 rings (SSSR count). The summed E-state index contributed by atoms with van der Waals surface area (Å²) in [5.41, 5.74) is 8.04. The van der Waals surface area contributed by atoms with Gasteiger partial charge in [0.25, 0.3) is 0 Å². The molecule has 1 aliphatic heterocycles. The van der Waals surface area contributed by atoms with Gasteiger partial charge in [-0.1, -0.05) is 12.1 Å². The van der Waals surface area contributed by atoms with E-state index in [1.54, 1.807) is 24.4 Å². The number of fused-ring (bicyclic) bond motifs is 3. The summed E-state index contributed by atoms with van der Waals surface area (Å²) in [4.78, 5) is 18.4. The Balaban J connectivity index is 1.72. The molecule has 3 aromatic heterocycles. The molecular weight excluding hydrogens is 421 g/mol. The van der Waals surface area contributed by atoms with Crippen molar-refractivity contribution < 1.29 is 18.3 Å². The Bertz CT molecular complexity index is 1350. The molecule has 0 amide bonds. The first-order chi connectivity index (χ1) is 15.3. The van der Waals surface area contributed by atoms with E-state index in [0.29, 0.717) is 33.5 Å². The van der Waals surface area contributed by atoms with Crippen LogP contribution in [0.4, 0.5) is 30.5 Å². The van der Waals surface area contributed by atoms with Gasteiger partial charge in [-0.05, 0) is 36.4 Å². The number of nitrogen functional groups attached to an aromatic ring is 1. The second kappa shape index (κ2) is 7.27. The lowest BCUT2D eigenvalue weighted by Gasteiger charge is -2.33. The van der Waals surface area contributed by atoms with Crippen LogP contribution in [0.25, 0.3) is 28.4 Å². The van der Waals surface area contributed by atoms with Gasteiger partial charge in [0.2, 0.25) is 5.95 Å². The van der Waals surface area contributed by atoms with E-state index in [4.69, 9.17) is 5.73 Å². The molecule has 4 heterocycles. The number of pyridine rings is 2. The third-order valence-electron chi connectivity index (χ3n) is 5.09. The molecule has 1 aliphatic rings. The second-order valence-electron chi connectivity index (χ2n) is 7.15. The van der Waals surface area contributed by atoms with Crippen molar-refractivity contribution in [3.8, 4) is 11.3 Å². The van der Waals surface area contributed by atoms with E-state index >= 15 is 0 Å². The molecule has 32 heavy (non-hydrogen) atoms. The molecule has 4 aromatic rings. The zero-order valence-electron chi connectivity index (χ0n) is 16.3. The van der Waals surface area contributed by atoms with Gasteiger partial charge in [-0.2, -0.15) is 13.2 Å². The highest BCUT2D eigenvalue weighted by atomic mass is 19.4. The highest BCUT2D eigenvalue weighted by Gasteiger charge is 2.32. The first-order valence-corrected chi connectivity index (χ1v) is 9.52. The molecule has 10 heteroatoms. The standard InChI is InChI=1S/C22H15F3N6O/c23-22(24,25)14-2-1-3-15(8-14)31-18(32)7-4-12-9-27-17-6-5-16(30-19(17)20(12)31)13-10-28-21(26)29-11-13/h1-11,18,32H,(H2,26,28,29). The molecule has 7 nitrogen and oxygen atoms in total. The molecule has 1 aromatic carbocycles. The van der Waals surface area contributed by atoms with Crippen LogP contribution in [0.2, 0.25) is 0 Å². The number of aliphatic hydroxyl groups is 1. The summed E-state index contributed by atoms with van der Waals surface area (Å²) in [6.45, 7) is 0. The Hall–Kier alpha value is -4.05. The van der Waals surface area contributed by atoms with E-state index in [2.05, 4.69) is 19.9 Å². The number of alkyl halides is 3. The maximum absolute atomic E-state index is 13.3. The number of anilines is 3. The third kappa shape index (κ3) is 3.40. The summed E-state index contributed by atoms with van der Waals surface area (Å²) in [7, 11) is 0. The number of nitrogens with two attached hydrogens (primary N) is 1. The molecule has 0 aliphatic carbocycles. The number of halogens is 3. The number of aliphatic hydroxyl groups excluding tert-OH is 1. The molecule has 0 spiro atoms. The molecule has 0 radical (unpaired) electrons. The number of rotatable bonds is 2. The minimum atomic E-state index is -4.52. The maximum Gasteiger partial charge on any atom is 0.416 e. The maximum atomic E-state index is 13.3. The smallest absolute Gasteiger partial charge is 0.370 e. The average Bonchev–Trinajstić information content (AvgIpc) is 2.78. The van der Waals surface area contributed by atoms with Crippen molar-refractivity contribution >= 4 is 34.4 Å². The molecule has 160 valence electrons. The van der Waals surface area contributed by atoms with Gasteiger partial charge in [-0.25, -0.2) is 15.0 Å². The Morgan fingerprint density at radius 2 is 1.78 bits per heavy atom. The van der Waals surface area contributed by atoms with Gasteiger partial charge in [-0.3, -0.25) is 4.98 Å². The third-order valence-corrected chi connectivity index (χ3v) is 5.09. The van der Waals surface area contributed by atoms with E-state index in [9.17, 15) is 18.3 Å². The summed E-state index contributed by atoms with van der Waals surface area (Å²) in [6, 6.07) is 8.26. The predicted molar refractivity (Wildman–Crippen MR) is 114 cm³/mol. The number of aromatic nitrogens is 4. The van der Waals surface area contributed by atoms with Crippen molar-refractivity contribution in [1.29, 1.82) is 0 Å². The van der Waals surface area contributed by atoms with Crippen LogP contribution in [-0.4, -0.2) is 31.3 Å². The Kier molecular flexibility index (Phi) is 4.52. The predicted octanol–water partition coefficient (Wildman–Crippen LogP) is 4.17. The van der Waals surface area contributed by atoms with Crippen LogP contribution in [0.5, 0.6) is 0 Å². The van der Waals surface area contributed by atoms with Gasteiger partial charge in [0, 0.05) is 35.4 Å². The van der Waals surface area contributed by atoms with E-state index < -0.39 is 18.0 Å². The number of hydrogen-bond donors (Lipinski definition) is 2. The van der Waals surface area contributed by atoms with E-state index in [1.165, 1.54) is 35.5 Å². The van der Waals surface area contributed by atoms with Gasteiger partial charge in [0.1, 0.15) is 5.52 Å². The molecule has 0 bridgehead atoms. The van der Waals surface area contributed by atoms with E-state index in [1.807, 2.05) is 0 Å². The van der Waals surface area contributed by atoms with Crippen LogP contribution < -0.4 is 10.6 Å². The largest absolute Gasteiger partial charge is 0.416 e. The summed E-state index contributed by atoms with van der Waals surface area (Å²) in [6.07, 6.45) is 2.08. The van der Waals surface area contributed by atoms with Crippen LogP contribution >= 0.6 is 0 Å². The highest BCUT2D eigenvalue weighted by Crippen LogP contribution is 2.41. The summed E-state index contributed by atoms with van der Waals surface area (Å²) >= 11 is 0. The van der Waals surface area contributed by atoms with E-state index in [0.717, 1.165) is 12.1 Å². The minimum Gasteiger partial charge on any atom is -0.370 e. The minimum absolute atomic E-state index is 0.123. The van der Waals surface area contributed by atoms with Crippen molar-refractivity contribution in [1.82, 2.24) is 19.9 Å². The zero-order valence-corrected chi connectivity index (χ0v) is 16.3. The molecule has 1 atom stereocenters. The van der Waals surface area contributed by atoms with Crippen LogP contribution in [0.3, 0.4) is 0 Å². The Morgan fingerprint density at radius 1 is 1.00 bits per heavy atom. The molecule has 0 saturated heterocycles. The molecular formula is C22H15F3N6O. The van der Waals surface area contributed by atoms with Crippen molar-refractivity contribution in [2.45, 2.75) is 12.4 Å². The normalized spacial score (nSPS) is 15.8. The van der Waals surface area contributed by atoms with Gasteiger partial charge < -0.3 is 15.7 Å². The molecule has 0 saturated carbocycles. The van der Waals surface area contributed by atoms with Crippen LogP contribution in [-0.2, 0) is 6.18 Å². The topological polar surface area (TPSA) is 101 Å². The van der Waals surface area contributed by atoms with E-state index in [-0.39, 0.29) is 11.6 Å². The summed E-state index contributed by atoms with van der Waals surface area (Å²) in [5, 5.41) is 10.7. The van der Waals surface area contributed by atoms with Crippen molar-refractivity contribution in [2.75, 3.05) is 10.6 Å². The number of benzene rings is 1. The highest BCUT2D eigenvalue weighted by molar-refractivity contribution is 5.97. The van der Waals surface area contributed by atoms with Crippen LogP contribution in [0, 0.1) is 0 Å². The average molecular weight is 436 g/mol. The Labute approximate surface area is 179 Å². The fourth-order valence-electron chi connectivity index (χ4n) is 3.60. The van der Waals surface area contributed by atoms with Crippen molar-refractivity contribution in [2.24, 2.45) is 0 Å². The molecule has 0 fully saturated rings. The quantitative estimate of drug-likeness (QED) is 0.486. The lowest BCUT2D eigenvalue weighted by molar-refractivity contribution is -0.137. The summed E-state index contributed by atoms with van der Waals surface area (Å²) < 4.78 is 39.9. The fourth-order valence-corrected chi connectivity index (χ4v) is 3.60. The molecule has 1 unspecified atom stereocenters. The van der Waals surface area contributed by atoms with Crippen LogP contribution in [0.1, 0.15) is 11.1 Å². The van der Waals surface area contributed by atoms with Gasteiger partial charge in [0.15, 0.2) is 6.23 Å². The monoisotopic (exact) mass is 436 g/mol. The molecule has 3 N–H and O–H groups in total. The van der Waals surface area contributed by atoms with Gasteiger partial charge in [0.05, 0.1) is 22.5 Å². The zero-order chi connectivity index (χ0) is 22.5. The number of nitrogens with zero attached hydrogens (tertiary/aromatic N) is 5. The van der Waals surface area contributed by atoms with Crippen molar-refractivity contribution in [3.63, 3.8) is 0 Å². The van der Waals surface area contributed by atoms with Gasteiger partial charge in [-0.15, -0.1) is 0 Å². The van der Waals surface area contributed by atoms with Crippen molar-refractivity contribution in [3.05, 3.63) is 72.2 Å². The van der Waals surface area contributed by atoms with Crippen LogP contribution in [0.15, 0.2) is 61.1 Å². The first-order valence-electron chi connectivity index (χ1n) is 9.52.